The fraction of sp³-hybridized carbons (Fsp3) is 0.321. The largest absolute Gasteiger partial charge is 0.433 e. The summed E-state index contributed by atoms with van der Waals surface area (Å²) >= 11 is 0. The molecule has 38 heavy (non-hydrogen) atoms. The maximum Gasteiger partial charge on any atom is 0.433 e. The van der Waals surface area contributed by atoms with E-state index in [4.69, 9.17) is 9.72 Å². The highest BCUT2D eigenvalue weighted by Crippen LogP contribution is 2.32. The Hall–Kier alpha value is -3.68. The second kappa shape index (κ2) is 11.0. The number of benzene rings is 1. The van der Waals surface area contributed by atoms with Gasteiger partial charge < -0.3 is 15.0 Å². The second-order valence-corrected chi connectivity index (χ2v) is 14.9. The summed E-state index contributed by atoms with van der Waals surface area (Å²) in [4.78, 5) is 23.0. The fourth-order valence-corrected chi connectivity index (χ4v) is 4.42. The lowest BCUT2D eigenvalue weighted by atomic mass is 10.00. The predicted molar refractivity (Wildman–Crippen MR) is 145 cm³/mol. The zero-order valence-electron chi connectivity index (χ0n) is 21.7. The molecule has 1 aliphatic heterocycles. The zero-order chi connectivity index (χ0) is 27.5. The van der Waals surface area contributed by atoms with Gasteiger partial charge in [0.15, 0.2) is 0 Å². The summed E-state index contributed by atoms with van der Waals surface area (Å²) in [5, 5.41) is 2.70. The molecule has 10 heteroatoms. The van der Waals surface area contributed by atoms with Crippen LogP contribution in [-0.2, 0) is 10.9 Å². The molecular weight excluding hydrogens is 509 g/mol. The maximum absolute atomic E-state index is 13.0. The molecule has 1 fully saturated rings. The van der Waals surface area contributed by atoms with Crippen molar-refractivity contribution < 1.29 is 22.7 Å². The quantitative estimate of drug-likeness (QED) is 0.337. The third-order valence-electron chi connectivity index (χ3n) is 5.89. The van der Waals surface area contributed by atoms with Crippen molar-refractivity contribution in [1.29, 1.82) is 0 Å². The Morgan fingerprint density at radius 1 is 1.08 bits per heavy atom. The molecule has 0 bridgehead atoms. The minimum Gasteiger partial charge on any atom is -0.378 e. The predicted octanol–water partition coefficient (Wildman–Crippen LogP) is 5.79. The SMILES string of the molecule is Cc1ccc(NC(=O)c2ccnc(C(F)(F)F)c2)cc1-c1cnc(C#C[Si](C)(C)C)c(N2CCOCC2)c1. The summed E-state index contributed by atoms with van der Waals surface area (Å²) in [5.41, 5.74) is 6.91. The lowest BCUT2D eigenvalue weighted by molar-refractivity contribution is -0.141. The first-order valence-corrected chi connectivity index (χ1v) is 15.7. The number of hydrogen-bond donors (Lipinski definition) is 1. The van der Waals surface area contributed by atoms with E-state index in [0.717, 1.165) is 53.4 Å². The summed E-state index contributed by atoms with van der Waals surface area (Å²) in [6.07, 6.45) is -1.89. The number of alkyl halides is 3. The second-order valence-electron chi connectivity index (χ2n) is 10.1. The molecule has 6 nitrogen and oxygen atoms in total. The van der Waals surface area contributed by atoms with Gasteiger partial charge in [-0.1, -0.05) is 31.6 Å². The van der Waals surface area contributed by atoms with Crippen molar-refractivity contribution in [3.05, 3.63) is 71.3 Å². The average Bonchev–Trinajstić information content (AvgIpc) is 2.88. The summed E-state index contributed by atoms with van der Waals surface area (Å²) in [6.45, 7) is 11.2. The van der Waals surface area contributed by atoms with Crippen LogP contribution in [0.5, 0.6) is 0 Å². The fourth-order valence-electron chi connectivity index (χ4n) is 3.93. The van der Waals surface area contributed by atoms with Gasteiger partial charge in [-0.2, -0.15) is 13.2 Å². The number of anilines is 2. The van der Waals surface area contributed by atoms with E-state index in [9.17, 15) is 18.0 Å². The number of aryl methyl sites for hydroxylation is 1. The van der Waals surface area contributed by atoms with Gasteiger partial charge in [-0.05, 0) is 48.4 Å². The number of morpholine rings is 1. The molecule has 198 valence electrons. The maximum atomic E-state index is 13.0. The van der Waals surface area contributed by atoms with Gasteiger partial charge in [0, 0.05) is 42.3 Å². The van der Waals surface area contributed by atoms with Crippen molar-refractivity contribution in [1.82, 2.24) is 9.97 Å². The van der Waals surface area contributed by atoms with Gasteiger partial charge in [0.25, 0.3) is 5.91 Å². The van der Waals surface area contributed by atoms with E-state index in [1.54, 1.807) is 18.3 Å². The third kappa shape index (κ3) is 6.79. The molecule has 1 aliphatic rings. The monoisotopic (exact) mass is 538 g/mol. The first-order chi connectivity index (χ1) is 17.9. The molecule has 1 N–H and O–H groups in total. The standard InChI is InChI=1S/C28H29F3N4O2Si/c1-19-5-6-22(34-27(36)20-7-9-32-26(16-20)28(29,30)31)17-23(19)21-15-25(35-10-12-37-13-11-35)24(33-18-21)8-14-38(2,3)4/h5-7,9,15-18H,10-13H2,1-4H3,(H,34,36). The summed E-state index contributed by atoms with van der Waals surface area (Å²) in [7, 11) is -1.62. The summed E-state index contributed by atoms with van der Waals surface area (Å²) < 4.78 is 44.6. The number of nitrogens with zero attached hydrogens (tertiary/aromatic N) is 3. The molecule has 0 aliphatic carbocycles. The molecule has 0 radical (unpaired) electrons. The van der Waals surface area contributed by atoms with Crippen LogP contribution in [0, 0.1) is 18.4 Å². The molecule has 0 atom stereocenters. The van der Waals surface area contributed by atoms with E-state index in [-0.39, 0.29) is 5.56 Å². The van der Waals surface area contributed by atoms with Crippen LogP contribution in [0.3, 0.4) is 0 Å². The highest BCUT2D eigenvalue weighted by molar-refractivity contribution is 6.83. The number of halogens is 3. The van der Waals surface area contributed by atoms with Crippen LogP contribution >= 0.6 is 0 Å². The number of pyridine rings is 2. The van der Waals surface area contributed by atoms with Crippen molar-refractivity contribution in [2.45, 2.75) is 32.7 Å². The zero-order valence-corrected chi connectivity index (χ0v) is 22.7. The van der Waals surface area contributed by atoms with Crippen LogP contribution in [0.15, 0.2) is 48.8 Å². The van der Waals surface area contributed by atoms with Gasteiger partial charge >= 0.3 is 6.18 Å². The number of hydrogen-bond acceptors (Lipinski definition) is 5. The van der Waals surface area contributed by atoms with Crippen LogP contribution in [0.25, 0.3) is 11.1 Å². The van der Waals surface area contributed by atoms with Crippen molar-refractivity contribution in [2.24, 2.45) is 0 Å². The Bertz CT molecular complexity index is 1400. The van der Waals surface area contributed by atoms with E-state index in [2.05, 4.69) is 52.4 Å². The number of aromatic nitrogens is 2. The van der Waals surface area contributed by atoms with Gasteiger partial charge in [-0.3, -0.25) is 9.78 Å². The summed E-state index contributed by atoms with van der Waals surface area (Å²) in [5.74, 6) is 2.63. The highest BCUT2D eigenvalue weighted by Gasteiger charge is 2.33. The number of ether oxygens (including phenoxy) is 1. The number of nitrogens with one attached hydrogen (secondary N) is 1. The van der Waals surface area contributed by atoms with E-state index >= 15 is 0 Å². The average molecular weight is 539 g/mol. The Balaban J connectivity index is 1.67. The van der Waals surface area contributed by atoms with E-state index in [0.29, 0.717) is 18.9 Å². The molecule has 4 rings (SSSR count). The molecule has 1 saturated heterocycles. The van der Waals surface area contributed by atoms with Gasteiger partial charge in [0.1, 0.15) is 19.5 Å². The molecule has 2 aromatic heterocycles. The number of amides is 1. The summed E-state index contributed by atoms with van der Waals surface area (Å²) in [6, 6.07) is 9.41. The Labute approximate surface area is 221 Å². The number of rotatable bonds is 4. The first-order valence-electron chi connectivity index (χ1n) is 12.2. The van der Waals surface area contributed by atoms with Crippen molar-refractivity contribution in [3.63, 3.8) is 0 Å². The van der Waals surface area contributed by atoms with Gasteiger partial charge in [-0.25, -0.2) is 4.98 Å². The van der Waals surface area contributed by atoms with Crippen LogP contribution in [0.2, 0.25) is 19.6 Å². The first kappa shape index (κ1) is 27.4. The Morgan fingerprint density at radius 3 is 2.50 bits per heavy atom. The van der Waals surface area contributed by atoms with E-state index in [1.807, 2.05) is 13.0 Å². The van der Waals surface area contributed by atoms with Crippen molar-refractivity contribution in [3.8, 4) is 22.6 Å². The Morgan fingerprint density at radius 2 is 1.82 bits per heavy atom. The lowest BCUT2D eigenvalue weighted by Crippen LogP contribution is -2.36. The van der Waals surface area contributed by atoms with Crippen LogP contribution < -0.4 is 10.2 Å². The molecular formula is C28H29F3N4O2Si. The van der Waals surface area contributed by atoms with Gasteiger partial charge in [-0.15, -0.1) is 5.54 Å². The normalized spacial score (nSPS) is 14.0. The van der Waals surface area contributed by atoms with Crippen LogP contribution in [-0.4, -0.2) is 50.3 Å². The van der Waals surface area contributed by atoms with Gasteiger partial charge in [0.2, 0.25) is 0 Å². The smallest absolute Gasteiger partial charge is 0.378 e. The van der Waals surface area contributed by atoms with Crippen LogP contribution in [0.4, 0.5) is 24.5 Å². The van der Waals surface area contributed by atoms with Crippen molar-refractivity contribution >= 4 is 25.4 Å². The van der Waals surface area contributed by atoms with E-state index < -0.39 is 25.9 Å². The Kier molecular flexibility index (Phi) is 7.90. The lowest BCUT2D eigenvalue weighted by Gasteiger charge is -2.29. The minimum atomic E-state index is -4.63. The molecule has 3 heterocycles. The number of carbonyl (C=O) groups is 1. The van der Waals surface area contributed by atoms with Gasteiger partial charge in [0.05, 0.1) is 18.9 Å². The van der Waals surface area contributed by atoms with Crippen LogP contribution in [0.1, 0.15) is 27.3 Å². The molecule has 0 saturated carbocycles. The molecule has 1 amide bonds. The molecule has 1 aromatic carbocycles. The van der Waals surface area contributed by atoms with Crippen molar-refractivity contribution in [2.75, 3.05) is 36.5 Å². The molecule has 0 unspecified atom stereocenters. The molecule has 3 aromatic rings. The molecule has 0 spiro atoms. The third-order valence-corrected chi connectivity index (χ3v) is 6.77. The van der Waals surface area contributed by atoms with E-state index in [1.165, 1.54) is 6.07 Å². The highest BCUT2D eigenvalue weighted by atomic mass is 28.3. The number of carbonyl (C=O) groups excluding carboxylic acids is 1. The topological polar surface area (TPSA) is 67.4 Å². The minimum absolute atomic E-state index is 0.129.